The van der Waals surface area contributed by atoms with Crippen molar-refractivity contribution in [2.75, 3.05) is 6.54 Å². The van der Waals surface area contributed by atoms with Crippen LogP contribution in [0.4, 0.5) is 0 Å². The Hall–Kier alpha value is -0.570. The smallest absolute Gasteiger partial charge is 0.221 e. The minimum atomic E-state index is -0.0717. The van der Waals surface area contributed by atoms with Crippen LogP contribution in [0, 0.1) is 0 Å². The summed E-state index contributed by atoms with van der Waals surface area (Å²) in [6.07, 6.45) is 2.67. The van der Waals surface area contributed by atoms with Gasteiger partial charge in [-0.1, -0.05) is 20.3 Å². The van der Waals surface area contributed by atoms with Crippen LogP contribution >= 0.6 is 0 Å². The van der Waals surface area contributed by atoms with Crippen molar-refractivity contribution in [1.82, 2.24) is 10.6 Å². The predicted octanol–water partition coefficient (Wildman–Crippen LogP) is 2.07. The molecule has 0 heterocycles. The molecule has 0 rings (SSSR count). The molecule has 1 unspecified atom stereocenters. The fourth-order valence-corrected chi connectivity index (χ4v) is 1.81. The lowest BCUT2D eigenvalue weighted by Crippen LogP contribution is -2.45. The molecule has 0 radical (unpaired) electrons. The van der Waals surface area contributed by atoms with Gasteiger partial charge < -0.3 is 10.6 Å². The van der Waals surface area contributed by atoms with E-state index in [1.54, 1.807) is 0 Å². The minimum Gasteiger partial charge on any atom is -0.351 e. The summed E-state index contributed by atoms with van der Waals surface area (Å²) in [4.78, 5) is 11.7. The van der Waals surface area contributed by atoms with E-state index in [0.29, 0.717) is 6.42 Å². The quantitative estimate of drug-likeness (QED) is 0.681. The van der Waals surface area contributed by atoms with Crippen molar-refractivity contribution in [2.24, 2.45) is 0 Å². The number of carbonyl (C=O) groups is 1. The van der Waals surface area contributed by atoms with Gasteiger partial charge in [0, 0.05) is 18.0 Å². The number of hydrogen-bond donors (Lipinski definition) is 2. The zero-order chi connectivity index (χ0) is 11.9. The van der Waals surface area contributed by atoms with Crippen LogP contribution in [0.15, 0.2) is 0 Å². The average molecular weight is 214 g/mol. The van der Waals surface area contributed by atoms with Gasteiger partial charge in [-0.15, -0.1) is 0 Å². The summed E-state index contributed by atoms with van der Waals surface area (Å²) < 4.78 is 0. The monoisotopic (exact) mass is 214 g/mol. The topological polar surface area (TPSA) is 41.1 Å². The van der Waals surface area contributed by atoms with Crippen LogP contribution in [0.2, 0.25) is 0 Å². The molecular weight excluding hydrogens is 188 g/mol. The third kappa shape index (κ3) is 7.37. The van der Waals surface area contributed by atoms with Crippen molar-refractivity contribution in [1.29, 1.82) is 0 Å². The van der Waals surface area contributed by atoms with Gasteiger partial charge >= 0.3 is 0 Å². The lowest BCUT2D eigenvalue weighted by atomic mass is 9.98. The van der Waals surface area contributed by atoms with Gasteiger partial charge in [0.15, 0.2) is 0 Å². The summed E-state index contributed by atoms with van der Waals surface area (Å²) in [5.74, 6) is 0.141. The second-order valence-corrected chi connectivity index (χ2v) is 4.84. The Bertz CT molecular complexity index is 190. The highest BCUT2D eigenvalue weighted by Gasteiger charge is 2.19. The molecule has 0 aromatic heterocycles. The average Bonchev–Trinajstić information content (AvgIpc) is 2.01. The maximum atomic E-state index is 11.7. The van der Waals surface area contributed by atoms with Crippen LogP contribution in [-0.4, -0.2) is 24.0 Å². The molecule has 0 saturated carbocycles. The zero-order valence-corrected chi connectivity index (χ0v) is 10.8. The first kappa shape index (κ1) is 14.4. The van der Waals surface area contributed by atoms with E-state index in [2.05, 4.69) is 38.3 Å². The lowest BCUT2D eigenvalue weighted by Gasteiger charge is -2.26. The van der Waals surface area contributed by atoms with Gasteiger partial charge in [-0.25, -0.2) is 0 Å². The number of carbonyl (C=O) groups excluding carboxylic acids is 1. The molecule has 3 heteroatoms. The number of amides is 1. The number of nitrogens with one attached hydrogen (secondary N) is 2. The fourth-order valence-electron chi connectivity index (χ4n) is 1.81. The molecule has 2 N–H and O–H groups in total. The van der Waals surface area contributed by atoms with E-state index in [9.17, 15) is 4.79 Å². The van der Waals surface area contributed by atoms with E-state index in [4.69, 9.17) is 0 Å². The second kappa shape index (κ2) is 6.83. The fraction of sp³-hybridized carbons (Fsp3) is 0.917. The molecule has 0 aromatic carbocycles. The molecule has 0 fully saturated rings. The standard InChI is InChI=1S/C12H26N2O/c1-6-8-12(4,5)14-11(15)9-10(3)13-7-2/h10,13H,6-9H2,1-5H3,(H,14,15). The first-order valence-electron chi connectivity index (χ1n) is 5.95. The van der Waals surface area contributed by atoms with E-state index in [1.165, 1.54) is 0 Å². The highest BCUT2D eigenvalue weighted by atomic mass is 16.1. The summed E-state index contributed by atoms with van der Waals surface area (Å²) in [5, 5.41) is 6.30. The van der Waals surface area contributed by atoms with Gasteiger partial charge in [-0.3, -0.25) is 4.79 Å². The van der Waals surface area contributed by atoms with Gasteiger partial charge in [-0.2, -0.15) is 0 Å². The molecule has 0 aliphatic heterocycles. The molecule has 0 spiro atoms. The van der Waals surface area contributed by atoms with Crippen molar-refractivity contribution < 1.29 is 4.79 Å². The largest absolute Gasteiger partial charge is 0.351 e. The second-order valence-electron chi connectivity index (χ2n) is 4.84. The Kier molecular flexibility index (Phi) is 6.57. The van der Waals surface area contributed by atoms with Crippen molar-refractivity contribution in [3.05, 3.63) is 0 Å². The van der Waals surface area contributed by atoms with Crippen LogP contribution in [0.1, 0.15) is 53.9 Å². The molecule has 1 atom stereocenters. The highest BCUT2D eigenvalue weighted by Crippen LogP contribution is 2.10. The van der Waals surface area contributed by atoms with E-state index in [0.717, 1.165) is 19.4 Å². The molecule has 90 valence electrons. The van der Waals surface area contributed by atoms with Crippen LogP contribution in [0.5, 0.6) is 0 Å². The summed E-state index contributed by atoms with van der Waals surface area (Å²) in [6.45, 7) is 11.3. The molecule has 0 aliphatic carbocycles. The molecule has 0 aliphatic rings. The number of hydrogen-bond acceptors (Lipinski definition) is 2. The Morgan fingerprint density at radius 1 is 1.33 bits per heavy atom. The van der Waals surface area contributed by atoms with Gasteiger partial charge in [-0.05, 0) is 33.7 Å². The van der Waals surface area contributed by atoms with E-state index in [1.807, 2.05) is 6.92 Å². The molecule has 0 saturated heterocycles. The first-order chi connectivity index (χ1) is 6.91. The molecule has 15 heavy (non-hydrogen) atoms. The summed E-state index contributed by atoms with van der Waals surface area (Å²) in [7, 11) is 0. The van der Waals surface area contributed by atoms with E-state index >= 15 is 0 Å². The molecule has 0 aromatic rings. The Morgan fingerprint density at radius 3 is 2.40 bits per heavy atom. The lowest BCUT2D eigenvalue weighted by molar-refractivity contribution is -0.123. The number of rotatable bonds is 7. The maximum absolute atomic E-state index is 11.7. The summed E-state index contributed by atoms with van der Waals surface area (Å²) in [6, 6.07) is 0.257. The van der Waals surface area contributed by atoms with E-state index < -0.39 is 0 Å². The Labute approximate surface area is 94.0 Å². The molecular formula is C12H26N2O. The molecule has 3 nitrogen and oxygen atoms in total. The third-order valence-electron chi connectivity index (χ3n) is 2.40. The van der Waals surface area contributed by atoms with Gasteiger partial charge in [0.2, 0.25) is 5.91 Å². The molecule has 0 bridgehead atoms. The zero-order valence-electron chi connectivity index (χ0n) is 10.8. The SMILES string of the molecule is CCCC(C)(C)NC(=O)CC(C)NCC. The van der Waals surface area contributed by atoms with Crippen molar-refractivity contribution in [2.45, 2.75) is 65.5 Å². The molecule has 1 amide bonds. The van der Waals surface area contributed by atoms with Gasteiger partial charge in [0.25, 0.3) is 0 Å². The summed E-state index contributed by atoms with van der Waals surface area (Å²) >= 11 is 0. The van der Waals surface area contributed by atoms with Crippen LogP contribution in [0.3, 0.4) is 0 Å². The Morgan fingerprint density at radius 2 is 1.93 bits per heavy atom. The predicted molar refractivity (Wildman–Crippen MR) is 64.9 cm³/mol. The first-order valence-corrected chi connectivity index (χ1v) is 5.95. The van der Waals surface area contributed by atoms with Crippen LogP contribution in [0.25, 0.3) is 0 Å². The van der Waals surface area contributed by atoms with Crippen LogP contribution in [-0.2, 0) is 4.79 Å². The van der Waals surface area contributed by atoms with Crippen LogP contribution < -0.4 is 10.6 Å². The maximum Gasteiger partial charge on any atom is 0.221 e. The summed E-state index contributed by atoms with van der Waals surface area (Å²) in [5.41, 5.74) is -0.0717. The van der Waals surface area contributed by atoms with Gasteiger partial charge in [0.1, 0.15) is 0 Å². The van der Waals surface area contributed by atoms with Crippen molar-refractivity contribution >= 4 is 5.91 Å². The Balaban J connectivity index is 3.91. The third-order valence-corrected chi connectivity index (χ3v) is 2.40. The minimum absolute atomic E-state index is 0.0717. The van der Waals surface area contributed by atoms with Gasteiger partial charge in [0.05, 0.1) is 0 Å². The van der Waals surface area contributed by atoms with Crippen molar-refractivity contribution in [3.63, 3.8) is 0 Å². The van der Waals surface area contributed by atoms with Crippen molar-refractivity contribution in [3.8, 4) is 0 Å². The van der Waals surface area contributed by atoms with E-state index in [-0.39, 0.29) is 17.5 Å². The normalized spacial score (nSPS) is 13.7. The highest BCUT2D eigenvalue weighted by molar-refractivity contribution is 5.77.